The highest BCUT2D eigenvalue weighted by atomic mass is 16.1. The van der Waals surface area contributed by atoms with E-state index in [0.29, 0.717) is 5.78 Å². The first-order valence-electron chi connectivity index (χ1n) is 6.56. The Morgan fingerprint density at radius 3 is 2.47 bits per heavy atom. The summed E-state index contributed by atoms with van der Waals surface area (Å²) in [6, 6.07) is 10.1. The smallest absolute Gasteiger partial charge is 0.161 e. The van der Waals surface area contributed by atoms with Gasteiger partial charge in [-0.3, -0.25) is 4.79 Å². The molecule has 2 aliphatic carbocycles. The van der Waals surface area contributed by atoms with Crippen LogP contribution in [0, 0.1) is 11.3 Å². The van der Waals surface area contributed by atoms with E-state index < -0.39 is 0 Å². The van der Waals surface area contributed by atoms with Crippen molar-refractivity contribution in [3.63, 3.8) is 0 Å². The second-order valence-electron chi connectivity index (χ2n) is 5.54. The minimum atomic E-state index is 0.0238. The van der Waals surface area contributed by atoms with E-state index in [1.54, 1.807) is 0 Å². The molecule has 1 aromatic rings. The minimum absolute atomic E-state index is 0.0238. The third-order valence-corrected chi connectivity index (χ3v) is 4.49. The number of hydrogen-bond acceptors (Lipinski definition) is 1. The van der Waals surface area contributed by atoms with Crippen LogP contribution in [-0.4, -0.2) is 5.78 Å². The zero-order valence-corrected chi connectivity index (χ0v) is 10.1. The Balaban J connectivity index is 1.74. The van der Waals surface area contributed by atoms with Gasteiger partial charge in [0.2, 0.25) is 0 Å². The standard InChI is InChI=1S/C16H18O/c17-15(7-6-13-4-2-1-3-5-13)16-10-8-14(12-16)9-11-16/h1-7,14H,8-12H2/b7-6+. The number of rotatable bonds is 3. The number of carbonyl (C=O) groups is 1. The molecular formula is C16H18O. The Morgan fingerprint density at radius 2 is 1.88 bits per heavy atom. The first kappa shape index (κ1) is 10.8. The molecule has 0 aliphatic heterocycles. The molecule has 2 bridgehead atoms. The number of ketones is 1. The molecule has 0 spiro atoms. The summed E-state index contributed by atoms with van der Waals surface area (Å²) < 4.78 is 0. The lowest BCUT2D eigenvalue weighted by Crippen LogP contribution is -2.24. The normalized spacial score (nSPS) is 31.2. The highest BCUT2D eigenvalue weighted by Gasteiger charge is 2.48. The van der Waals surface area contributed by atoms with E-state index in [1.807, 2.05) is 42.5 Å². The van der Waals surface area contributed by atoms with Gasteiger partial charge in [-0.05, 0) is 49.7 Å². The van der Waals surface area contributed by atoms with Crippen molar-refractivity contribution in [2.24, 2.45) is 11.3 Å². The van der Waals surface area contributed by atoms with Gasteiger partial charge in [-0.2, -0.15) is 0 Å². The molecule has 3 rings (SSSR count). The molecule has 1 aromatic carbocycles. The summed E-state index contributed by atoms with van der Waals surface area (Å²) in [6.45, 7) is 0. The molecular weight excluding hydrogens is 208 g/mol. The molecule has 0 heterocycles. The molecule has 0 amide bonds. The Kier molecular flexibility index (Phi) is 2.62. The van der Waals surface area contributed by atoms with Crippen molar-refractivity contribution >= 4 is 11.9 Å². The molecule has 0 N–H and O–H groups in total. The molecule has 0 atom stereocenters. The SMILES string of the molecule is O=C(/C=C/c1ccccc1)C12CCC(CC1)C2. The number of allylic oxidation sites excluding steroid dienone is 1. The molecule has 0 radical (unpaired) electrons. The fourth-order valence-corrected chi connectivity index (χ4v) is 3.45. The zero-order valence-electron chi connectivity index (χ0n) is 10.1. The van der Waals surface area contributed by atoms with Crippen LogP contribution in [0.15, 0.2) is 36.4 Å². The van der Waals surface area contributed by atoms with Gasteiger partial charge in [0.05, 0.1) is 0 Å². The fourth-order valence-electron chi connectivity index (χ4n) is 3.45. The first-order valence-corrected chi connectivity index (χ1v) is 6.56. The van der Waals surface area contributed by atoms with Crippen LogP contribution in [0.2, 0.25) is 0 Å². The highest BCUT2D eigenvalue weighted by molar-refractivity contribution is 5.98. The van der Waals surface area contributed by atoms with Crippen molar-refractivity contribution in [2.75, 3.05) is 0 Å². The second kappa shape index (κ2) is 4.14. The largest absolute Gasteiger partial charge is 0.294 e. The third-order valence-electron chi connectivity index (χ3n) is 4.49. The van der Waals surface area contributed by atoms with E-state index in [-0.39, 0.29) is 5.41 Å². The van der Waals surface area contributed by atoms with Gasteiger partial charge in [0.25, 0.3) is 0 Å². The van der Waals surface area contributed by atoms with Crippen molar-refractivity contribution < 1.29 is 4.79 Å². The lowest BCUT2D eigenvalue weighted by Gasteiger charge is -2.22. The maximum Gasteiger partial charge on any atom is 0.161 e. The maximum absolute atomic E-state index is 12.3. The van der Waals surface area contributed by atoms with E-state index in [4.69, 9.17) is 0 Å². The average molecular weight is 226 g/mol. The Morgan fingerprint density at radius 1 is 1.18 bits per heavy atom. The van der Waals surface area contributed by atoms with E-state index in [0.717, 1.165) is 30.7 Å². The maximum atomic E-state index is 12.3. The van der Waals surface area contributed by atoms with Gasteiger partial charge in [0.1, 0.15) is 0 Å². The van der Waals surface area contributed by atoms with Crippen molar-refractivity contribution in [2.45, 2.75) is 32.1 Å². The average Bonchev–Trinajstić information content (AvgIpc) is 2.99. The van der Waals surface area contributed by atoms with E-state index in [1.165, 1.54) is 12.8 Å². The lowest BCUT2D eigenvalue weighted by molar-refractivity contribution is -0.123. The van der Waals surface area contributed by atoms with Crippen LogP contribution in [0.1, 0.15) is 37.7 Å². The van der Waals surface area contributed by atoms with Gasteiger partial charge >= 0.3 is 0 Å². The minimum Gasteiger partial charge on any atom is -0.294 e. The summed E-state index contributed by atoms with van der Waals surface area (Å²) in [5.41, 5.74) is 1.14. The Bertz CT molecular complexity index is 436. The van der Waals surface area contributed by atoms with Crippen molar-refractivity contribution in [3.05, 3.63) is 42.0 Å². The molecule has 1 heteroatoms. The van der Waals surface area contributed by atoms with Gasteiger partial charge in [-0.25, -0.2) is 0 Å². The summed E-state index contributed by atoms with van der Waals surface area (Å²) in [5.74, 6) is 1.20. The van der Waals surface area contributed by atoms with Crippen molar-refractivity contribution in [3.8, 4) is 0 Å². The molecule has 2 saturated carbocycles. The molecule has 2 fully saturated rings. The fraction of sp³-hybridized carbons (Fsp3) is 0.438. The van der Waals surface area contributed by atoms with Crippen LogP contribution < -0.4 is 0 Å². The quantitative estimate of drug-likeness (QED) is 0.715. The summed E-state index contributed by atoms with van der Waals surface area (Å²) in [6.07, 6.45) is 9.69. The molecule has 0 saturated heterocycles. The second-order valence-corrected chi connectivity index (χ2v) is 5.54. The van der Waals surface area contributed by atoms with Crippen LogP contribution in [0.3, 0.4) is 0 Å². The number of benzene rings is 1. The number of hydrogen-bond donors (Lipinski definition) is 0. The van der Waals surface area contributed by atoms with Crippen molar-refractivity contribution in [1.29, 1.82) is 0 Å². The summed E-state index contributed by atoms with van der Waals surface area (Å²) >= 11 is 0. The first-order chi connectivity index (χ1) is 8.28. The number of fused-ring (bicyclic) bond motifs is 2. The van der Waals surface area contributed by atoms with E-state index in [2.05, 4.69) is 0 Å². The third kappa shape index (κ3) is 1.95. The topological polar surface area (TPSA) is 17.1 Å². The Hall–Kier alpha value is -1.37. The van der Waals surface area contributed by atoms with Crippen LogP contribution in [-0.2, 0) is 4.79 Å². The highest BCUT2D eigenvalue weighted by Crippen LogP contribution is 2.54. The Labute approximate surface area is 103 Å². The van der Waals surface area contributed by atoms with Gasteiger partial charge < -0.3 is 0 Å². The molecule has 1 nitrogen and oxygen atoms in total. The predicted molar refractivity (Wildman–Crippen MR) is 69.5 cm³/mol. The van der Waals surface area contributed by atoms with Crippen LogP contribution in [0.25, 0.3) is 6.08 Å². The van der Waals surface area contributed by atoms with Crippen LogP contribution in [0.4, 0.5) is 0 Å². The van der Waals surface area contributed by atoms with Gasteiger partial charge in [0.15, 0.2) is 5.78 Å². The van der Waals surface area contributed by atoms with E-state index in [9.17, 15) is 4.79 Å². The zero-order chi connectivity index (χ0) is 11.7. The van der Waals surface area contributed by atoms with Gasteiger partial charge in [0, 0.05) is 5.41 Å². The molecule has 17 heavy (non-hydrogen) atoms. The van der Waals surface area contributed by atoms with Crippen molar-refractivity contribution in [1.82, 2.24) is 0 Å². The monoisotopic (exact) mass is 226 g/mol. The molecule has 88 valence electrons. The van der Waals surface area contributed by atoms with Gasteiger partial charge in [-0.15, -0.1) is 0 Å². The number of carbonyl (C=O) groups excluding carboxylic acids is 1. The van der Waals surface area contributed by atoms with Crippen LogP contribution in [0.5, 0.6) is 0 Å². The summed E-state index contributed by atoms with van der Waals surface area (Å²) in [5, 5.41) is 0. The predicted octanol–water partition coefficient (Wildman–Crippen LogP) is 3.85. The van der Waals surface area contributed by atoms with Gasteiger partial charge in [-0.1, -0.05) is 36.4 Å². The molecule has 2 aliphatic rings. The molecule has 0 unspecified atom stereocenters. The van der Waals surface area contributed by atoms with E-state index >= 15 is 0 Å². The summed E-state index contributed by atoms with van der Waals surface area (Å²) in [7, 11) is 0. The lowest BCUT2D eigenvalue weighted by atomic mass is 9.80. The molecule has 0 aromatic heterocycles. The summed E-state index contributed by atoms with van der Waals surface area (Å²) in [4.78, 5) is 12.3. The van der Waals surface area contributed by atoms with Crippen LogP contribution >= 0.6 is 0 Å².